The van der Waals surface area contributed by atoms with Gasteiger partial charge in [0.05, 0.1) is 5.56 Å². The number of nitrogens with zero attached hydrogens (tertiary/aromatic N) is 2. The van der Waals surface area contributed by atoms with Crippen molar-refractivity contribution in [1.82, 2.24) is 4.98 Å². The van der Waals surface area contributed by atoms with Crippen molar-refractivity contribution < 1.29 is 0 Å². The fraction of sp³-hybridized carbons (Fsp3) is 0.600. The van der Waals surface area contributed by atoms with Crippen LogP contribution in [0.5, 0.6) is 0 Å². The normalized spacial score (nSPS) is 23.4. The molecule has 1 fully saturated rings. The Labute approximate surface area is 109 Å². The SMILES string of the molecule is CCC1CCC(Nc2nccc(C)c2C#N)CC1. The maximum Gasteiger partial charge on any atom is 0.144 e. The molecule has 0 bridgehead atoms. The van der Waals surface area contributed by atoms with Gasteiger partial charge >= 0.3 is 0 Å². The Hall–Kier alpha value is -1.56. The van der Waals surface area contributed by atoms with E-state index in [9.17, 15) is 5.26 Å². The van der Waals surface area contributed by atoms with Crippen LogP contribution in [0.1, 0.15) is 50.2 Å². The van der Waals surface area contributed by atoms with Crippen LogP contribution >= 0.6 is 0 Å². The van der Waals surface area contributed by atoms with Gasteiger partial charge in [-0.3, -0.25) is 0 Å². The third kappa shape index (κ3) is 2.81. The standard InChI is InChI=1S/C15H21N3/c1-3-12-4-6-13(7-5-12)18-15-14(10-16)11(2)8-9-17-15/h8-9,12-13H,3-7H2,1-2H3,(H,17,18). The first-order valence-corrected chi connectivity index (χ1v) is 6.86. The van der Waals surface area contributed by atoms with E-state index in [1.807, 2.05) is 13.0 Å². The molecule has 96 valence electrons. The number of rotatable bonds is 3. The molecule has 0 aliphatic heterocycles. The van der Waals surface area contributed by atoms with E-state index in [-0.39, 0.29) is 0 Å². The van der Waals surface area contributed by atoms with E-state index in [2.05, 4.69) is 23.3 Å². The van der Waals surface area contributed by atoms with Crippen molar-refractivity contribution in [3.05, 3.63) is 23.4 Å². The zero-order valence-electron chi connectivity index (χ0n) is 11.2. The number of anilines is 1. The molecule has 1 aliphatic rings. The average molecular weight is 243 g/mol. The second-order valence-corrected chi connectivity index (χ2v) is 5.23. The van der Waals surface area contributed by atoms with Crippen LogP contribution in [-0.2, 0) is 0 Å². The molecular formula is C15H21N3. The summed E-state index contributed by atoms with van der Waals surface area (Å²) in [5.74, 6) is 1.65. The third-order valence-corrected chi connectivity index (χ3v) is 4.04. The first-order chi connectivity index (χ1) is 8.74. The summed E-state index contributed by atoms with van der Waals surface area (Å²) in [5.41, 5.74) is 1.69. The fourth-order valence-corrected chi connectivity index (χ4v) is 2.72. The molecule has 1 N–H and O–H groups in total. The smallest absolute Gasteiger partial charge is 0.144 e. The molecule has 1 aromatic heterocycles. The van der Waals surface area contributed by atoms with Crippen molar-refractivity contribution in [1.29, 1.82) is 5.26 Å². The summed E-state index contributed by atoms with van der Waals surface area (Å²) in [4.78, 5) is 4.31. The number of hydrogen-bond acceptors (Lipinski definition) is 3. The van der Waals surface area contributed by atoms with Crippen LogP contribution in [0.25, 0.3) is 0 Å². The number of pyridine rings is 1. The molecular weight excluding hydrogens is 222 g/mol. The zero-order valence-corrected chi connectivity index (χ0v) is 11.2. The Balaban J connectivity index is 2.03. The van der Waals surface area contributed by atoms with Gasteiger partial charge < -0.3 is 5.32 Å². The van der Waals surface area contributed by atoms with E-state index in [0.717, 1.165) is 17.3 Å². The van der Waals surface area contributed by atoms with Crippen LogP contribution in [0, 0.1) is 24.2 Å². The molecule has 0 amide bonds. The van der Waals surface area contributed by atoms with E-state index >= 15 is 0 Å². The predicted molar refractivity (Wildman–Crippen MR) is 73.3 cm³/mol. The lowest BCUT2D eigenvalue weighted by molar-refractivity contribution is 0.330. The Morgan fingerprint density at radius 2 is 2.11 bits per heavy atom. The fourth-order valence-electron chi connectivity index (χ4n) is 2.72. The first kappa shape index (κ1) is 12.9. The number of aromatic nitrogens is 1. The van der Waals surface area contributed by atoms with Gasteiger partial charge in [0.15, 0.2) is 0 Å². The topological polar surface area (TPSA) is 48.7 Å². The molecule has 0 unspecified atom stereocenters. The van der Waals surface area contributed by atoms with Crippen molar-refractivity contribution in [3.8, 4) is 6.07 Å². The van der Waals surface area contributed by atoms with Gasteiger partial charge in [-0.05, 0) is 50.2 Å². The van der Waals surface area contributed by atoms with Crippen LogP contribution in [0.4, 0.5) is 5.82 Å². The summed E-state index contributed by atoms with van der Waals surface area (Å²) in [6.45, 7) is 4.23. The van der Waals surface area contributed by atoms with Gasteiger partial charge in [0.1, 0.15) is 11.9 Å². The first-order valence-electron chi connectivity index (χ1n) is 6.86. The van der Waals surface area contributed by atoms with Crippen LogP contribution in [0.2, 0.25) is 0 Å². The molecule has 18 heavy (non-hydrogen) atoms. The summed E-state index contributed by atoms with van der Waals surface area (Å²) in [5, 5.41) is 12.6. The van der Waals surface area contributed by atoms with Gasteiger partial charge in [0.2, 0.25) is 0 Å². The van der Waals surface area contributed by atoms with Gasteiger partial charge in [-0.2, -0.15) is 5.26 Å². The largest absolute Gasteiger partial charge is 0.366 e. The molecule has 1 saturated carbocycles. The molecule has 3 nitrogen and oxygen atoms in total. The minimum absolute atomic E-state index is 0.481. The zero-order chi connectivity index (χ0) is 13.0. The Bertz CT molecular complexity index is 440. The Morgan fingerprint density at radius 3 is 2.72 bits per heavy atom. The highest BCUT2D eigenvalue weighted by Gasteiger charge is 2.21. The molecule has 0 saturated heterocycles. The number of nitriles is 1. The number of hydrogen-bond donors (Lipinski definition) is 1. The summed E-state index contributed by atoms with van der Waals surface area (Å²) >= 11 is 0. The maximum atomic E-state index is 9.18. The number of aryl methyl sites for hydroxylation is 1. The third-order valence-electron chi connectivity index (χ3n) is 4.04. The van der Waals surface area contributed by atoms with Crippen molar-refractivity contribution in [2.24, 2.45) is 5.92 Å². The van der Waals surface area contributed by atoms with E-state index in [4.69, 9.17) is 0 Å². The Morgan fingerprint density at radius 1 is 1.39 bits per heavy atom. The molecule has 1 aromatic rings. The monoisotopic (exact) mass is 243 g/mol. The van der Waals surface area contributed by atoms with E-state index in [1.165, 1.54) is 32.1 Å². The van der Waals surface area contributed by atoms with Gasteiger partial charge in [0, 0.05) is 12.2 Å². The molecule has 1 heterocycles. The minimum atomic E-state index is 0.481. The summed E-state index contributed by atoms with van der Waals surface area (Å²) in [7, 11) is 0. The number of nitrogens with one attached hydrogen (secondary N) is 1. The van der Waals surface area contributed by atoms with Crippen LogP contribution in [0.3, 0.4) is 0 Å². The van der Waals surface area contributed by atoms with Crippen molar-refractivity contribution >= 4 is 5.82 Å². The second-order valence-electron chi connectivity index (χ2n) is 5.23. The van der Waals surface area contributed by atoms with Crippen LogP contribution in [-0.4, -0.2) is 11.0 Å². The van der Waals surface area contributed by atoms with E-state index in [1.54, 1.807) is 6.20 Å². The van der Waals surface area contributed by atoms with E-state index in [0.29, 0.717) is 11.6 Å². The molecule has 0 spiro atoms. The Kier molecular flexibility index (Phi) is 4.19. The van der Waals surface area contributed by atoms with Gasteiger partial charge in [-0.15, -0.1) is 0 Å². The molecule has 0 radical (unpaired) electrons. The summed E-state index contributed by atoms with van der Waals surface area (Å²) in [6, 6.07) is 4.62. The van der Waals surface area contributed by atoms with Gasteiger partial charge in [-0.25, -0.2) is 4.98 Å². The lowest BCUT2D eigenvalue weighted by atomic mass is 9.84. The maximum absolute atomic E-state index is 9.18. The molecule has 0 atom stereocenters. The predicted octanol–water partition coefficient (Wildman–Crippen LogP) is 3.64. The molecule has 1 aliphatic carbocycles. The second kappa shape index (κ2) is 5.86. The van der Waals surface area contributed by atoms with Crippen molar-refractivity contribution in [3.63, 3.8) is 0 Å². The summed E-state index contributed by atoms with van der Waals surface area (Å²) < 4.78 is 0. The quantitative estimate of drug-likeness (QED) is 0.881. The van der Waals surface area contributed by atoms with Gasteiger partial charge in [-0.1, -0.05) is 13.3 Å². The minimum Gasteiger partial charge on any atom is -0.366 e. The van der Waals surface area contributed by atoms with Crippen molar-refractivity contribution in [2.75, 3.05) is 5.32 Å². The lowest BCUT2D eigenvalue weighted by Gasteiger charge is -2.29. The highest BCUT2D eigenvalue weighted by molar-refractivity contribution is 5.55. The molecule has 2 rings (SSSR count). The molecule has 0 aromatic carbocycles. The van der Waals surface area contributed by atoms with Crippen LogP contribution in [0.15, 0.2) is 12.3 Å². The van der Waals surface area contributed by atoms with Crippen molar-refractivity contribution in [2.45, 2.75) is 52.0 Å². The van der Waals surface area contributed by atoms with Crippen LogP contribution < -0.4 is 5.32 Å². The summed E-state index contributed by atoms with van der Waals surface area (Å²) in [6.07, 6.45) is 8.04. The highest BCUT2D eigenvalue weighted by Crippen LogP contribution is 2.29. The average Bonchev–Trinajstić information content (AvgIpc) is 2.40. The van der Waals surface area contributed by atoms with Gasteiger partial charge in [0.25, 0.3) is 0 Å². The van der Waals surface area contributed by atoms with E-state index < -0.39 is 0 Å². The lowest BCUT2D eigenvalue weighted by Crippen LogP contribution is -2.26. The molecule has 3 heteroatoms. The highest BCUT2D eigenvalue weighted by atomic mass is 15.0.